The first-order valence-electron chi connectivity index (χ1n) is 5.86. The molecule has 0 bridgehead atoms. The summed E-state index contributed by atoms with van der Waals surface area (Å²) in [4.78, 5) is 17.2. The van der Waals surface area contributed by atoms with Crippen molar-refractivity contribution in [2.24, 2.45) is 4.99 Å². The predicted octanol–water partition coefficient (Wildman–Crippen LogP) is -0.169. The number of hydrogen-bond acceptors (Lipinski definition) is 3. The Hall–Kier alpha value is -1.56. The van der Waals surface area contributed by atoms with Gasteiger partial charge in [0.25, 0.3) is 0 Å². The zero-order valence-electron chi connectivity index (χ0n) is 11.7. The molecule has 2 N–H and O–H groups in total. The van der Waals surface area contributed by atoms with Crippen LogP contribution in [0.5, 0.6) is 0 Å². The van der Waals surface area contributed by atoms with E-state index in [0.29, 0.717) is 19.1 Å². The molecule has 0 rings (SSSR count). The molecular formula is C12H24N4O2. The molecule has 1 unspecified atom stereocenters. The van der Waals surface area contributed by atoms with Crippen molar-refractivity contribution in [3.8, 4) is 0 Å². The first-order chi connectivity index (χ1) is 8.51. The quantitative estimate of drug-likeness (QED) is 0.377. The van der Waals surface area contributed by atoms with Gasteiger partial charge >= 0.3 is 0 Å². The molecule has 0 aliphatic carbocycles. The van der Waals surface area contributed by atoms with E-state index in [1.807, 2.05) is 6.92 Å². The highest BCUT2D eigenvalue weighted by atomic mass is 16.5. The van der Waals surface area contributed by atoms with E-state index < -0.39 is 0 Å². The van der Waals surface area contributed by atoms with Crippen molar-refractivity contribution < 1.29 is 9.53 Å². The maximum absolute atomic E-state index is 11.5. The Balaban J connectivity index is 4.40. The van der Waals surface area contributed by atoms with E-state index in [0.717, 1.165) is 0 Å². The molecule has 0 spiro atoms. The molecule has 0 aromatic heterocycles. The number of hydrogen-bond donors (Lipinski definition) is 2. The Morgan fingerprint density at radius 2 is 2.22 bits per heavy atom. The van der Waals surface area contributed by atoms with E-state index in [1.165, 1.54) is 4.90 Å². The second-order valence-corrected chi connectivity index (χ2v) is 4.12. The van der Waals surface area contributed by atoms with Crippen molar-refractivity contribution in [2.75, 3.05) is 40.9 Å². The predicted molar refractivity (Wildman–Crippen MR) is 73.7 cm³/mol. The third-order valence-electron chi connectivity index (χ3n) is 2.08. The lowest BCUT2D eigenvalue weighted by Crippen LogP contribution is -2.44. The molecule has 0 aromatic rings. The average Bonchev–Trinajstić information content (AvgIpc) is 2.32. The number of rotatable bonds is 7. The van der Waals surface area contributed by atoms with Gasteiger partial charge in [0, 0.05) is 33.8 Å². The Kier molecular flexibility index (Phi) is 8.65. The van der Waals surface area contributed by atoms with Crippen LogP contribution in [0.3, 0.4) is 0 Å². The zero-order valence-corrected chi connectivity index (χ0v) is 11.7. The molecular weight excluding hydrogens is 232 g/mol. The summed E-state index contributed by atoms with van der Waals surface area (Å²) in [7, 11) is 5.05. The SMILES string of the molecule is C=CCNC(=NCC(=O)N(C)C)NC(C)COC. The van der Waals surface area contributed by atoms with Gasteiger partial charge in [0.15, 0.2) is 5.96 Å². The molecule has 6 heteroatoms. The first-order valence-corrected chi connectivity index (χ1v) is 5.86. The molecule has 0 saturated carbocycles. The molecule has 6 nitrogen and oxygen atoms in total. The van der Waals surface area contributed by atoms with Crippen molar-refractivity contribution in [2.45, 2.75) is 13.0 Å². The number of aliphatic imine (C=N–C) groups is 1. The minimum Gasteiger partial charge on any atom is -0.383 e. The van der Waals surface area contributed by atoms with Crippen LogP contribution < -0.4 is 10.6 Å². The summed E-state index contributed by atoms with van der Waals surface area (Å²) in [6.07, 6.45) is 1.73. The lowest BCUT2D eigenvalue weighted by molar-refractivity contribution is -0.127. The van der Waals surface area contributed by atoms with Crippen LogP contribution in [0.25, 0.3) is 0 Å². The van der Waals surface area contributed by atoms with Gasteiger partial charge in [0.2, 0.25) is 5.91 Å². The zero-order chi connectivity index (χ0) is 14.0. The molecule has 0 aliphatic heterocycles. The number of amides is 1. The van der Waals surface area contributed by atoms with E-state index in [-0.39, 0.29) is 18.5 Å². The summed E-state index contributed by atoms with van der Waals surface area (Å²) in [6.45, 7) is 6.86. The van der Waals surface area contributed by atoms with Gasteiger partial charge in [-0.1, -0.05) is 6.08 Å². The van der Waals surface area contributed by atoms with Gasteiger partial charge in [-0.2, -0.15) is 0 Å². The fraction of sp³-hybridized carbons (Fsp3) is 0.667. The van der Waals surface area contributed by atoms with E-state index >= 15 is 0 Å². The van der Waals surface area contributed by atoms with Gasteiger partial charge < -0.3 is 20.3 Å². The van der Waals surface area contributed by atoms with Crippen LogP contribution in [0.1, 0.15) is 6.92 Å². The van der Waals surface area contributed by atoms with Crippen molar-refractivity contribution in [3.63, 3.8) is 0 Å². The standard InChI is InChI=1S/C12H24N4O2/c1-6-7-13-12(15-10(2)9-18-5)14-8-11(17)16(3)4/h6,10H,1,7-9H2,2-5H3,(H2,13,14,15). The molecule has 0 aliphatic rings. The first kappa shape index (κ1) is 16.4. The van der Waals surface area contributed by atoms with Crippen molar-refractivity contribution in [1.29, 1.82) is 0 Å². The highest BCUT2D eigenvalue weighted by molar-refractivity contribution is 5.84. The summed E-state index contributed by atoms with van der Waals surface area (Å²) in [5.41, 5.74) is 0. The largest absolute Gasteiger partial charge is 0.383 e. The van der Waals surface area contributed by atoms with E-state index in [1.54, 1.807) is 27.3 Å². The van der Waals surface area contributed by atoms with Crippen LogP contribution >= 0.6 is 0 Å². The minimum atomic E-state index is -0.0471. The highest BCUT2D eigenvalue weighted by Gasteiger charge is 2.06. The van der Waals surface area contributed by atoms with Crippen molar-refractivity contribution in [1.82, 2.24) is 15.5 Å². The molecule has 0 fully saturated rings. The number of carbonyl (C=O) groups is 1. The number of nitrogens with one attached hydrogen (secondary N) is 2. The van der Waals surface area contributed by atoms with Gasteiger partial charge in [0.1, 0.15) is 6.54 Å². The van der Waals surface area contributed by atoms with Gasteiger partial charge in [-0.25, -0.2) is 4.99 Å². The van der Waals surface area contributed by atoms with Crippen LogP contribution in [-0.2, 0) is 9.53 Å². The lowest BCUT2D eigenvalue weighted by atomic mass is 10.4. The smallest absolute Gasteiger partial charge is 0.243 e. The second kappa shape index (κ2) is 9.47. The highest BCUT2D eigenvalue weighted by Crippen LogP contribution is 1.85. The Morgan fingerprint density at radius 3 is 2.72 bits per heavy atom. The van der Waals surface area contributed by atoms with E-state index in [2.05, 4.69) is 22.2 Å². The molecule has 1 atom stereocenters. The Morgan fingerprint density at radius 1 is 1.56 bits per heavy atom. The lowest BCUT2D eigenvalue weighted by Gasteiger charge is -2.17. The third kappa shape index (κ3) is 7.67. The van der Waals surface area contributed by atoms with E-state index in [4.69, 9.17) is 4.74 Å². The molecule has 0 heterocycles. The molecule has 18 heavy (non-hydrogen) atoms. The Labute approximate surface area is 109 Å². The average molecular weight is 256 g/mol. The number of likely N-dealkylation sites (N-methyl/N-ethyl adjacent to an activating group) is 1. The molecule has 0 radical (unpaired) electrons. The number of nitrogens with zero attached hydrogens (tertiary/aromatic N) is 2. The van der Waals surface area contributed by atoms with Crippen LogP contribution in [0.2, 0.25) is 0 Å². The van der Waals surface area contributed by atoms with Crippen LogP contribution in [0.15, 0.2) is 17.6 Å². The summed E-state index contributed by atoms with van der Waals surface area (Å²) < 4.78 is 5.03. The topological polar surface area (TPSA) is 66.0 Å². The molecule has 0 saturated heterocycles. The van der Waals surface area contributed by atoms with Crippen LogP contribution in [-0.4, -0.2) is 63.7 Å². The maximum Gasteiger partial charge on any atom is 0.243 e. The van der Waals surface area contributed by atoms with Crippen LogP contribution in [0.4, 0.5) is 0 Å². The number of carbonyl (C=O) groups excluding carboxylic acids is 1. The third-order valence-corrected chi connectivity index (χ3v) is 2.08. The fourth-order valence-corrected chi connectivity index (χ4v) is 1.13. The molecule has 0 aromatic carbocycles. The summed E-state index contributed by atoms with van der Waals surface area (Å²) in [5.74, 6) is 0.531. The number of guanidine groups is 1. The maximum atomic E-state index is 11.5. The van der Waals surface area contributed by atoms with Crippen molar-refractivity contribution in [3.05, 3.63) is 12.7 Å². The fourth-order valence-electron chi connectivity index (χ4n) is 1.13. The Bertz CT molecular complexity index is 290. The van der Waals surface area contributed by atoms with Crippen LogP contribution in [0, 0.1) is 0 Å². The van der Waals surface area contributed by atoms with Gasteiger partial charge in [-0.05, 0) is 6.92 Å². The number of methoxy groups -OCH3 is 1. The van der Waals surface area contributed by atoms with Gasteiger partial charge in [-0.15, -0.1) is 6.58 Å². The minimum absolute atomic E-state index is 0.0471. The van der Waals surface area contributed by atoms with E-state index in [9.17, 15) is 4.79 Å². The summed E-state index contributed by atoms with van der Waals surface area (Å²) in [5, 5.41) is 6.19. The molecule has 104 valence electrons. The second-order valence-electron chi connectivity index (χ2n) is 4.12. The van der Waals surface area contributed by atoms with Gasteiger partial charge in [0.05, 0.1) is 6.61 Å². The number of ether oxygens (including phenoxy) is 1. The summed E-state index contributed by atoms with van der Waals surface area (Å²) in [6, 6.07) is 0.112. The van der Waals surface area contributed by atoms with Crippen molar-refractivity contribution >= 4 is 11.9 Å². The molecule has 1 amide bonds. The monoisotopic (exact) mass is 256 g/mol. The normalized spacial score (nSPS) is 12.8. The van der Waals surface area contributed by atoms with Gasteiger partial charge in [-0.3, -0.25) is 4.79 Å². The summed E-state index contributed by atoms with van der Waals surface area (Å²) >= 11 is 0.